The second-order valence-corrected chi connectivity index (χ2v) is 12.5. The van der Waals surface area contributed by atoms with E-state index in [1.807, 2.05) is 24.3 Å². The summed E-state index contributed by atoms with van der Waals surface area (Å²) in [6, 6.07) is 62.1. The van der Waals surface area contributed by atoms with E-state index in [-0.39, 0.29) is 0 Å². The lowest BCUT2D eigenvalue weighted by Gasteiger charge is -2.26. The van der Waals surface area contributed by atoms with E-state index in [1.54, 1.807) is 0 Å². The fourth-order valence-corrected chi connectivity index (χ4v) is 7.35. The van der Waals surface area contributed by atoms with Gasteiger partial charge in [0.2, 0.25) is 0 Å². The highest BCUT2D eigenvalue weighted by atomic mass is 16.3. The monoisotopic (exact) mass is 627 g/mol. The van der Waals surface area contributed by atoms with Gasteiger partial charge in [0, 0.05) is 44.0 Å². The summed E-state index contributed by atoms with van der Waals surface area (Å²) < 4.78 is 12.6. The fourth-order valence-electron chi connectivity index (χ4n) is 7.35. The molecule has 3 heteroatoms. The van der Waals surface area contributed by atoms with Gasteiger partial charge < -0.3 is 13.7 Å². The maximum atomic E-state index is 6.39. The van der Waals surface area contributed by atoms with Crippen molar-refractivity contribution in [3.63, 3.8) is 0 Å². The van der Waals surface area contributed by atoms with Crippen molar-refractivity contribution < 1.29 is 8.83 Å². The zero-order valence-electron chi connectivity index (χ0n) is 26.5. The van der Waals surface area contributed by atoms with E-state index in [0.29, 0.717) is 0 Å². The lowest BCUT2D eigenvalue weighted by molar-refractivity contribution is 0.669. The molecule has 230 valence electrons. The summed E-state index contributed by atoms with van der Waals surface area (Å²) in [5.41, 5.74) is 11.5. The van der Waals surface area contributed by atoms with Crippen LogP contribution in [-0.4, -0.2) is 0 Å². The highest BCUT2D eigenvalue weighted by Crippen LogP contribution is 2.42. The van der Waals surface area contributed by atoms with Crippen LogP contribution in [0.2, 0.25) is 0 Å². The molecule has 3 nitrogen and oxygen atoms in total. The van der Waals surface area contributed by atoms with Crippen molar-refractivity contribution in [1.82, 2.24) is 0 Å². The molecular formula is C46H29NO2. The smallest absolute Gasteiger partial charge is 0.143 e. The Balaban J connectivity index is 1.15. The molecule has 8 aromatic carbocycles. The van der Waals surface area contributed by atoms with Crippen molar-refractivity contribution >= 4 is 71.7 Å². The molecule has 0 fully saturated rings. The Labute approximate surface area is 282 Å². The van der Waals surface area contributed by atoms with Crippen LogP contribution in [0.3, 0.4) is 0 Å². The highest BCUT2D eigenvalue weighted by molar-refractivity contribution is 6.16. The minimum atomic E-state index is 0.892. The molecule has 2 aromatic heterocycles. The minimum absolute atomic E-state index is 0.892. The third-order valence-electron chi connectivity index (χ3n) is 9.65. The zero-order chi connectivity index (χ0) is 32.3. The molecule has 0 spiro atoms. The van der Waals surface area contributed by atoms with Crippen molar-refractivity contribution in [2.75, 3.05) is 4.90 Å². The zero-order valence-corrected chi connectivity index (χ0v) is 26.5. The van der Waals surface area contributed by atoms with Crippen LogP contribution in [0, 0.1) is 0 Å². The summed E-state index contributed by atoms with van der Waals surface area (Å²) in [5, 5.41) is 6.76. The highest BCUT2D eigenvalue weighted by Gasteiger charge is 2.18. The van der Waals surface area contributed by atoms with Crippen LogP contribution in [0.1, 0.15) is 0 Å². The second kappa shape index (κ2) is 11.0. The van der Waals surface area contributed by atoms with Crippen molar-refractivity contribution in [2.45, 2.75) is 0 Å². The van der Waals surface area contributed by atoms with Gasteiger partial charge in [0.1, 0.15) is 22.3 Å². The predicted octanol–water partition coefficient (Wildman–Crippen LogP) is 13.4. The predicted molar refractivity (Wildman–Crippen MR) is 204 cm³/mol. The summed E-state index contributed by atoms with van der Waals surface area (Å²) >= 11 is 0. The second-order valence-electron chi connectivity index (χ2n) is 12.5. The molecule has 0 aliphatic carbocycles. The molecule has 10 rings (SSSR count). The Hall–Kier alpha value is -6.58. The van der Waals surface area contributed by atoms with Crippen LogP contribution in [0.25, 0.3) is 76.9 Å². The molecule has 0 amide bonds. The largest absolute Gasteiger partial charge is 0.456 e. The van der Waals surface area contributed by atoms with Crippen LogP contribution in [0.5, 0.6) is 0 Å². The van der Waals surface area contributed by atoms with Gasteiger partial charge in [0.15, 0.2) is 0 Å². The molecule has 10 aromatic rings. The summed E-state index contributed by atoms with van der Waals surface area (Å²) in [4.78, 5) is 2.34. The first kappa shape index (κ1) is 27.5. The van der Waals surface area contributed by atoms with Crippen LogP contribution in [0.4, 0.5) is 17.1 Å². The van der Waals surface area contributed by atoms with Crippen molar-refractivity contribution in [3.8, 4) is 22.3 Å². The average molecular weight is 628 g/mol. The molecule has 0 atom stereocenters. The normalized spacial score (nSPS) is 11.7. The number of rotatable bonds is 5. The first-order chi connectivity index (χ1) is 24.3. The number of hydrogen-bond donors (Lipinski definition) is 0. The minimum Gasteiger partial charge on any atom is -0.456 e. The van der Waals surface area contributed by atoms with Crippen LogP contribution >= 0.6 is 0 Å². The lowest BCUT2D eigenvalue weighted by Crippen LogP contribution is -2.10. The number of hydrogen-bond acceptors (Lipinski definition) is 3. The molecule has 0 saturated heterocycles. The van der Waals surface area contributed by atoms with Gasteiger partial charge in [-0.2, -0.15) is 0 Å². The van der Waals surface area contributed by atoms with Crippen LogP contribution in [-0.2, 0) is 0 Å². The number of fused-ring (bicyclic) bond motifs is 8. The Morgan fingerprint density at radius 1 is 0.347 bits per heavy atom. The third-order valence-corrected chi connectivity index (χ3v) is 9.65. The Kier molecular flexibility index (Phi) is 6.18. The van der Waals surface area contributed by atoms with Gasteiger partial charge in [-0.15, -0.1) is 0 Å². The van der Waals surface area contributed by atoms with E-state index in [0.717, 1.165) is 82.8 Å². The number of furan rings is 2. The molecule has 0 N–H and O–H groups in total. The van der Waals surface area contributed by atoms with Gasteiger partial charge in [-0.05, 0) is 94.4 Å². The van der Waals surface area contributed by atoms with Gasteiger partial charge in [-0.1, -0.05) is 109 Å². The van der Waals surface area contributed by atoms with Gasteiger partial charge in [-0.25, -0.2) is 0 Å². The molecule has 0 unspecified atom stereocenters. The maximum Gasteiger partial charge on any atom is 0.143 e. The van der Waals surface area contributed by atoms with Crippen LogP contribution in [0.15, 0.2) is 185 Å². The summed E-state index contributed by atoms with van der Waals surface area (Å²) in [6.07, 6.45) is 0. The third kappa shape index (κ3) is 4.51. The first-order valence-corrected chi connectivity index (χ1v) is 16.6. The Bertz CT molecular complexity index is 2830. The maximum absolute atomic E-state index is 6.39. The molecule has 0 saturated carbocycles. The number of benzene rings is 8. The van der Waals surface area contributed by atoms with Crippen molar-refractivity contribution in [1.29, 1.82) is 0 Å². The van der Waals surface area contributed by atoms with Gasteiger partial charge in [0.05, 0.1) is 0 Å². The summed E-state index contributed by atoms with van der Waals surface area (Å²) in [5.74, 6) is 0. The van der Waals surface area contributed by atoms with Gasteiger partial charge in [-0.3, -0.25) is 0 Å². The molecule has 2 heterocycles. The van der Waals surface area contributed by atoms with E-state index in [2.05, 4.69) is 157 Å². The molecular weight excluding hydrogens is 599 g/mol. The molecule has 0 radical (unpaired) electrons. The number of para-hydroxylation sites is 2. The molecule has 0 aliphatic heterocycles. The molecule has 49 heavy (non-hydrogen) atoms. The lowest BCUT2D eigenvalue weighted by atomic mass is 9.98. The van der Waals surface area contributed by atoms with Gasteiger partial charge in [0.25, 0.3) is 0 Å². The summed E-state index contributed by atoms with van der Waals surface area (Å²) in [6.45, 7) is 0. The number of nitrogens with zero attached hydrogens (tertiary/aromatic N) is 1. The van der Waals surface area contributed by atoms with Crippen molar-refractivity contribution in [3.05, 3.63) is 176 Å². The Morgan fingerprint density at radius 2 is 0.980 bits per heavy atom. The van der Waals surface area contributed by atoms with Crippen LogP contribution < -0.4 is 4.90 Å². The Morgan fingerprint density at radius 3 is 1.84 bits per heavy atom. The number of anilines is 3. The quantitative estimate of drug-likeness (QED) is 0.190. The first-order valence-electron chi connectivity index (χ1n) is 16.6. The average Bonchev–Trinajstić information content (AvgIpc) is 3.75. The van der Waals surface area contributed by atoms with E-state index < -0.39 is 0 Å². The van der Waals surface area contributed by atoms with E-state index in [1.165, 1.54) is 11.1 Å². The SMILES string of the molecule is c1ccc(-c2ccc(N(c3cccc(-c4cccc5oc6ccccc6c45)c3)c3ccc4c(ccc5c6ccccc6oc45)c3)cc2)cc1. The standard InChI is InChI=1S/C46H29NO2/c1-2-10-30(11-3-1)31-20-23-34(24-21-31)47(36-25-27-38-33(29-36)22-26-40-39-14-4-6-17-42(39)49-46(38)40)35-13-8-12-32(28-35)37-16-9-19-44-45(37)41-15-5-7-18-43(41)48-44/h1-29H. The van der Waals surface area contributed by atoms with E-state index in [4.69, 9.17) is 8.83 Å². The topological polar surface area (TPSA) is 29.5 Å². The van der Waals surface area contributed by atoms with Gasteiger partial charge >= 0.3 is 0 Å². The summed E-state index contributed by atoms with van der Waals surface area (Å²) in [7, 11) is 0. The van der Waals surface area contributed by atoms with E-state index >= 15 is 0 Å². The van der Waals surface area contributed by atoms with E-state index in [9.17, 15) is 0 Å². The van der Waals surface area contributed by atoms with Crippen molar-refractivity contribution in [2.24, 2.45) is 0 Å². The molecule has 0 bridgehead atoms. The fraction of sp³-hybridized carbons (Fsp3) is 0. The molecule has 0 aliphatic rings.